The molecular formula is C15H19N3O2. The molecule has 0 saturated carbocycles. The van der Waals surface area contributed by atoms with Crippen LogP contribution in [-0.2, 0) is 6.54 Å². The Labute approximate surface area is 118 Å². The van der Waals surface area contributed by atoms with Gasteiger partial charge in [-0.25, -0.2) is 9.97 Å². The average molecular weight is 273 g/mol. The minimum absolute atomic E-state index is 0.251. The number of rotatable bonds is 5. The number of aromatic nitrogens is 2. The van der Waals surface area contributed by atoms with E-state index in [4.69, 9.17) is 15.2 Å². The maximum Gasteiger partial charge on any atom is 0.169 e. The molecule has 0 atom stereocenters. The zero-order chi connectivity index (χ0) is 14.5. The molecule has 2 rings (SSSR count). The number of nitrogens with zero attached hydrogens (tertiary/aromatic N) is 2. The molecule has 0 amide bonds. The summed E-state index contributed by atoms with van der Waals surface area (Å²) < 4.78 is 11.1. The van der Waals surface area contributed by atoms with Crippen LogP contribution in [0.5, 0.6) is 17.2 Å². The Balaban J connectivity index is 2.33. The Morgan fingerprint density at radius 3 is 2.45 bits per heavy atom. The van der Waals surface area contributed by atoms with Gasteiger partial charge in [0.2, 0.25) is 0 Å². The molecule has 0 aliphatic heterocycles. The summed E-state index contributed by atoms with van der Waals surface area (Å²) in [5.41, 5.74) is 6.43. The molecule has 0 fully saturated rings. The fraction of sp³-hybridized carbons (Fsp3) is 0.333. The van der Waals surface area contributed by atoms with Crippen LogP contribution in [0.1, 0.15) is 31.3 Å². The molecule has 0 unspecified atom stereocenters. The first kappa shape index (κ1) is 14.3. The normalized spacial score (nSPS) is 10.7. The van der Waals surface area contributed by atoms with Gasteiger partial charge >= 0.3 is 0 Å². The van der Waals surface area contributed by atoms with Crippen molar-refractivity contribution >= 4 is 0 Å². The zero-order valence-electron chi connectivity index (χ0n) is 12.0. The predicted octanol–water partition coefficient (Wildman–Crippen LogP) is 2.86. The maximum atomic E-state index is 5.83. The molecule has 0 bridgehead atoms. The number of methoxy groups -OCH3 is 1. The molecule has 2 aromatic rings. The third-order valence-corrected chi connectivity index (χ3v) is 2.85. The summed E-state index contributed by atoms with van der Waals surface area (Å²) in [7, 11) is 1.60. The first-order chi connectivity index (χ1) is 9.65. The van der Waals surface area contributed by atoms with E-state index in [2.05, 4.69) is 9.97 Å². The minimum Gasteiger partial charge on any atom is -0.493 e. The molecule has 0 aliphatic rings. The van der Waals surface area contributed by atoms with Gasteiger partial charge in [-0.1, -0.05) is 26.0 Å². The van der Waals surface area contributed by atoms with E-state index in [0.717, 1.165) is 5.82 Å². The fourth-order valence-electron chi connectivity index (χ4n) is 1.75. The highest BCUT2D eigenvalue weighted by Gasteiger charge is 2.12. The molecule has 2 N–H and O–H groups in total. The topological polar surface area (TPSA) is 70.3 Å². The van der Waals surface area contributed by atoms with Crippen molar-refractivity contribution < 1.29 is 9.47 Å². The van der Waals surface area contributed by atoms with E-state index >= 15 is 0 Å². The summed E-state index contributed by atoms with van der Waals surface area (Å²) in [6.45, 7) is 4.37. The van der Waals surface area contributed by atoms with Crippen LogP contribution in [0, 0.1) is 0 Å². The zero-order valence-corrected chi connectivity index (χ0v) is 12.0. The Kier molecular flexibility index (Phi) is 4.53. The Morgan fingerprint density at radius 2 is 1.85 bits per heavy atom. The van der Waals surface area contributed by atoms with Crippen LogP contribution in [0.15, 0.2) is 30.5 Å². The van der Waals surface area contributed by atoms with Crippen LogP contribution in [0.4, 0.5) is 0 Å². The Hall–Kier alpha value is -2.14. The summed E-state index contributed by atoms with van der Waals surface area (Å²) in [5, 5.41) is 0. The third-order valence-electron chi connectivity index (χ3n) is 2.85. The first-order valence-corrected chi connectivity index (χ1v) is 6.52. The molecular weight excluding hydrogens is 254 g/mol. The van der Waals surface area contributed by atoms with E-state index in [1.165, 1.54) is 0 Å². The van der Waals surface area contributed by atoms with Gasteiger partial charge in [-0.2, -0.15) is 0 Å². The van der Waals surface area contributed by atoms with Gasteiger partial charge in [0.1, 0.15) is 11.5 Å². The Bertz CT molecular complexity index is 585. The van der Waals surface area contributed by atoms with Crippen LogP contribution in [-0.4, -0.2) is 17.1 Å². The third kappa shape index (κ3) is 3.05. The van der Waals surface area contributed by atoms with E-state index in [9.17, 15) is 0 Å². The summed E-state index contributed by atoms with van der Waals surface area (Å²) in [6.07, 6.45) is 1.66. The van der Waals surface area contributed by atoms with E-state index in [-0.39, 0.29) is 5.92 Å². The van der Waals surface area contributed by atoms with Crippen LogP contribution < -0.4 is 15.2 Å². The SMILES string of the molecule is COc1ccccc1Oc1cnc(C(C)C)nc1CN. The largest absolute Gasteiger partial charge is 0.493 e. The Morgan fingerprint density at radius 1 is 1.15 bits per heavy atom. The molecule has 0 aliphatic carbocycles. The summed E-state index contributed by atoms with van der Waals surface area (Å²) in [5.74, 6) is 2.84. The molecule has 1 aromatic heterocycles. The molecule has 5 heteroatoms. The second kappa shape index (κ2) is 6.34. The van der Waals surface area contributed by atoms with Gasteiger partial charge in [0, 0.05) is 12.5 Å². The van der Waals surface area contributed by atoms with Gasteiger partial charge < -0.3 is 15.2 Å². The van der Waals surface area contributed by atoms with E-state index < -0.39 is 0 Å². The van der Waals surface area contributed by atoms with E-state index in [0.29, 0.717) is 29.5 Å². The first-order valence-electron chi connectivity index (χ1n) is 6.52. The molecule has 0 spiro atoms. The summed E-state index contributed by atoms with van der Waals surface area (Å²) in [4.78, 5) is 8.75. The standard InChI is InChI=1S/C15H19N3O2/c1-10(2)15-17-9-14(11(8-16)18-15)20-13-7-5-4-6-12(13)19-3/h4-7,9-10H,8,16H2,1-3H3. The van der Waals surface area contributed by atoms with Crippen molar-refractivity contribution in [3.05, 3.63) is 42.0 Å². The summed E-state index contributed by atoms with van der Waals surface area (Å²) in [6, 6.07) is 7.42. The number of ether oxygens (including phenoxy) is 2. The lowest BCUT2D eigenvalue weighted by Gasteiger charge is -2.13. The number of nitrogens with two attached hydrogens (primary N) is 1. The lowest BCUT2D eigenvalue weighted by molar-refractivity contribution is 0.376. The smallest absolute Gasteiger partial charge is 0.169 e. The van der Waals surface area contributed by atoms with Crippen molar-refractivity contribution in [2.75, 3.05) is 7.11 Å². The fourth-order valence-corrected chi connectivity index (χ4v) is 1.75. The van der Waals surface area contributed by atoms with Gasteiger partial charge in [0.15, 0.2) is 17.2 Å². The van der Waals surface area contributed by atoms with E-state index in [1.54, 1.807) is 13.3 Å². The van der Waals surface area contributed by atoms with Crippen molar-refractivity contribution in [2.45, 2.75) is 26.3 Å². The quantitative estimate of drug-likeness (QED) is 0.907. The van der Waals surface area contributed by atoms with Crippen LogP contribution in [0.2, 0.25) is 0 Å². The van der Waals surface area contributed by atoms with E-state index in [1.807, 2.05) is 38.1 Å². The monoisotopic (exact) mass is 273 g/mol. The highest BCUT2D eigenvalue weighted by molar-refractivity contribution is 5.43. The predicted molar refractivity (Wildman–Crippen MR) is 77.1 cm³/mol. The van der Waals surface area contributed by atoms with Crippen molar-refractivity contribution in [3.8, 4) is 17.2 Å². The maximum absolute atomic E-state index is 5.83. The van der Waals surface area contributed by atoms with Crippen LogP contribution in [0.25, 0.3) is 0 Å². The highest BCUT2D eigenvalue weighted by atomic mass is 16.5. The molecule has 0 radical (unpaired) electrons. The highest BCUT2D eigenvalue weighted by Crippen LogP contribution is 2.32. The van der Waals surface area contributed by atoms with Crippen molar-refractivity contribution in [1.29, 1.82) is 0 Å². The van der Waals surface area contributed by atoms with Gasteiger partial charge in [-0.15, -0.1) is 0 Å². The number of para-hydroxylation sites is 2. The lowest BCUT2D eigenvalue weighted by Crippen LogP contribution is -2.07. The molecule has 1 aromatic carbocycles. The van der Waals surface area contributed by atoms with Gasteiger partial charge in [-0.3, -0.25) is 0 Å². The molecule has 5 nitrogen and oxygen atoms in total. The van der Waals surface area contributed by atoms with Crippen LogP contribution >= 0.6 is 0 Å². The minimum atomic E-state index is 0.251. The lowest BCUT2D eigenvalue weighted by atomic mass is 10.2. The van der Waals surface area contributed by atoms with Gasteiger partial charge in [0.05, 0.1) is 13.3 Å². The number of hydrogen-bond donors (Lipinski definition) is 1. The summed E-state index contributed by atoms with van der Waals surface area (Å²) >= 11 is 0. The average Bonchev–Trinajstić information content (AvgIpc) is 2.48. The van der Waals surface area contributed by atoms with Gasteiger partial charge in [0.25, 0.3) is 0 Å². The van der Waals surface area contributed by atoms with Crippen molar-refractivity contribution in [2.24, 2.45) is 5.73 Å². The second-order valence-corrected chi connectivity index (χ2v) is 4.65. The van der Waals surface area contributed by atoms with Crippen LogP contribution in [0.3, 0.4) is 0 Å². The number of benzene rings is 1. The van der Waals surface area contributed by atoms with Gasteiger partial charge in [-0.05, 0) is 12.1 Å². The number of hydrogen-bond acceptors (Lipinski definition) is 5. The van der Waals surface area contributed by atoms with Crippen molar-refractivity contribution in [3.63, 3.8) is 0 Å². The molecule has 106 valence electrons. The second-order valence-electron chi connectivity index (χ2n) is 4.65. The van der Waals surface area contributed by atoms with Crippen molar-refractivity contribution in [1.82, 2.24) is 9.97 Å². The molecule has 0 saturated heterocycles. The molecule has 1 heterocycles. The molecule has 20 heavy (non-hydrogen) atoms.